The Morgan fingerprint density at radius 1 is 1.00 bits per heavy atom. The second-order valence-corrected chi connectivity index (χ2v) is 3.82. The quantitative estimate of drug-likeness (QED) is 0.591. The maximum Gasteiger partial charge on any atom is 0.0176 e. The highest BCUT2D eigenvalue weighted by Crippen LogP contribution is 1.88. The van der Waals surface area contributed by atoms with E-state index >= 15 is 0 Å². The van der Waals surface area contributed by atoms with Gasteiger partial charge in [-0.15, -0.1) is 0 Å². The van der Waals surface area contributed by atoms with Crippen molar-refractivity contribution in [1.82, 2.24) is 10.6 Å². The van der Waals surface area contributed by atoms with Crippen LogP contribution < -0.4 is 10.6 Å². The molecule has 2 N–H and O–H groups in total. The second kappa shape index (κ2) is 6.21. The van der Waals surface area contributed by atoms with Crippen molar-refractivity contribution >= 4 is 0 Å². The normalized spacial score (nSPS) is 11.2. The number of rotatable bonds is 6. The van der Waals surface area contributed by atoms with Crippen LogP contribution in [-0.2, 0) is 0 Å². The lowest BCUT2D eigenvalue weighted by Crippen LogP contribution is -2.31. The van der Waals surface area contributed by atoms with Crippen LogP contribution in [0, 0.1) is 0 Å². The molecule has 0 bridgehead atoms. The third-order valence-electron chi connectivity index (χ3n) is 1.52. The van der Waals surface area contributed by atoms with Gasteiger partial charge in [-0.2, -0.15) is 0 Å². The molecule has 0 radical (unpaired) electrons. The van der Waals surface area contributed by atoms with E-state index in [9.17, 15) is 0 Å². The van der Waals surface area contributed by atoms with Gasteiger partial charge < -0.3 is 10.6 Å². The zero-order chi connectivity index (χ0) is 9.56. The molecule has 0 unspecified atom stereocenters. The van der Waals surface area contributed by atoms with Crippen LogP contribution in [0.15, 0.2) is 12.2 Å². The van der Waals surface area contributed by atoms with Crippen molar-refractivity contribution in [1.29, 1.82) is 0 Å². The van der Waals surface area contributed by atoms with Crippen LogP contribution in [0.5, 0.6) is 0 Å². The van der Waals surface area contributed by atoms with E-state index in [2.05, 4.69) is 44.9 Å². The second-order valence-electron chi connectivity index (χ2n) is 3.82. The summed E-state index contributed by atoms with van der Waals surface area (Å²) in [6.45, 7) is 14.4. The molecule has 0 saturated heterocycles. The molecule has 0 saturated carbocycles. The van der Waals surface area contributed by atoms with Crippen LogP contribution in [0.25, 0.3) is 0 Å². The van der Waals surface area contributed by atoms with Gasteiger partial charge in [-0.25, -0.2) is 0 Å². The van der Waals surface area contributed by atoms with Crippen molar-refractivity contribution < 1.29 is 0 Å². The van der Waals surface area contributed by atoms with Crippen molar-refractivity contribution in [3.05, 3.63) is 12.2 Å². The highest BCUT2D eigenvalue weighted by molar-refractivity contribution is 4.99. The summed E-state index contributed by atoms with van der Waals surface area (Å²) < 4.78 is 0. The van der Waals surface area contributed by atoms with Gasteiger partial charge in [-0.3, -0.25) is 0 Å². The summed E-state index contributed by atoms with van der Waals surface area (Å²) in [6.07, 6.45) is 0. The third kappa shape index (κ3) is 7.76. The smallest absolute Gasteiger partial charge is 0.0176 e. The van der Waals surface area contributed by atoms with Gasteiger partial charge >= 0.3 is 0 Å². The van der Waals surface area contributed by atoms with Gasteiger partial charge in [-0.05, 0) is 5.57 Å². The Bertz CT molecular complexity index is 114. The number of nitrogens with one attached hydrogen (secondary N) is 2. The van der Waals surface area contributed by atoms with Crippen LogP contribution in [-0.4, -0.2) is 25.2 Å². The lowest BCUT2D eigenvalue weighted by molar-refractivity contribution is 0.582. The van der Waals surface area contributed by atoms with Crippen molar-refractivity contribution in [2.45, 2.75) is 39.8 Å². The molecule has 2 nitrogen and oxygen atoms in total. The van der Waals surface area contributed by atoms with Crippen LogP contribution >= 0.6 is 0 Å². The summed E-state index contributed by atoms with van der Waals surface area (Å²) in [4.78, 5) is 0. The fourth-order valence-electron chi connectivity index (χ4n) is 0.759. The van der Waals surface area contributed by atoms with Gasteiger partial charge in [0.15, 0.2) is 0 Å². The van der Waals surface area contributed by atoms with E-state index in [4.69, 9.17) is 0 Å². The molecule has 2 heteroatoms. The Morgan fingerprint density at radius 3 is 1.58 bits per heavy atom. The first-order valence-corrected chi connectivity index (χ1v) is 4.65. The minimum absolute atomic E-state index is 0.542. The van der Waals surface area contributed by atoms with Crippen molar-refractivity contribution in [2.75, 3.05) is 13.1 Å². The molecular weight excluding hydrogens is 148 g/mol. The SMILES string of the molecule is C=C(CNC(C)C)CNC(C)C. The fraction of sp³-hybridized carbons (Fsp3) is 0.800. The molecule has 0 aliphatic heterocycles. The number of hydrogen-bond acceptors (Lipinski definition) is 2. The molecule has 0 aliphatic rings. The summed E-state index contributed by atoms with van der Waals surface area (Å²) in [5.41, 5.74) is 1.22. The van der Waals surface area contributed by atoms with Gasteiger partial charge in [0.2, 0.25) is 0 Å². The maximum atomic E-state index is 3.97. The molecular formula is C10H22N2. The standard InChI is InChI=1S/C10H22N2/c1-8(2)11-6-10(5)7-12-9(3)4/h8-9,11-12H,5-7H2,1-4H3. The topological polar surface area (TPSA) is 24.1 Å². The van der Waals surface area contributed by atoms with Gasteiger partial charge in [-0.1, -0.05) is 34.3 Å². The van der Waals surface area contributed by atoms with E-state index in [-0.39, 0.29) is 0 Å². The maximum absolute atomic E-state index is 3.97. The Morgan fingerprint density at radius 2 is 1.33 bits per heavy atom. The molecule has 0 aromatic carbocycles. The molecule has 12 heavy (non-hydrogen) atoms. The van der Waals surface area contributed by atoms with E-state index in [0.717, 1.165) is 13.1 Å². The minimum atomic E-state index is 0.542. The molecule has 0 amide bonds. The molecule has 0 aliphatic carbocycles. The zero-order valence-electron chi connectivity index (χ0n) is 8.78. The molecule has 0 aromatic rings. The predicted octanol–water partition coefficient (Wildman–Crippen LogP) is 1.54. The highest BCUT2D eigenvalue weighted by Gasteiger charge is 1.97. The van der Waals surface area contributed by atoms with Crippen molar-refractivity contribution in [3.8, 4) is 0 Å². The van der Waals surface area contributed by atoms with Crippen LogP contribution in [0.4, 0.5) is 0 Å². The van der Waals surface area contributed by atoms with Crippen LogP contribution in [0.1, 0.15) is 27.7 Å². The molecule has 0 aromatic heterocycles. The third-order valence-corrected chi connectivity index (χ3v) is 1.52. The Hall–Kier alpha value is -0.340. The summed E-state index contributed by atoms with van der Waals surface area (Å²) in [6, 6.07) is 1.08. The van der Waals surface area contributed by atoms with E-state index in [0.29, 0.717) is 12.1 Å². The Balaban J connectivity index is 3.34. The summed E-state index contributed by atoms with van der Waals surface area (Å²) >= 11 is 0. The van der Waals surface area contributed by atoms with Crippen molar-refractivity contribution in [2.24, 2.45) is 0 Å². The monoisotopic (exact) mass is 170 g/mol. The van der Waals surface area contributed by atoms with Gasteiger partial charge in [0, 0.05) is 25.2 Å². The Kier molecular flexibility index (Phi) is 6.03. The van der Waals surface area contributed by atoms with Crippen molar-refractivity contribution in [3.63, 3.8) is 0 Å². The molecule has 0 heterocycles. The largest absolute Gasteiger partial charge is 0.311 e. The van der Waals surface area contributed by atoms with Gasteiger partial charge in [0.1, 0.15) is 0 Å². The zero-order valence-corrected chi connectivity index (χ0v) is 8.78. The van der Waals surface area contributed by atoms with Crippen LogP contribution in [0.3, 0.4) is 0 Å². The molecule has 72 valence electrons. The fourth-order valence-corrected chi connectivity index (χ4v) is 0.759. The number of hydrogen-bond donors (Lipinski definition) is 2. The summed E-state index contributed by atoms with van der Waals surface area (Å²) in [5.74, 6) is 0. The Labute approximate surface area is 76.4 Å². The summed E-state index contributed by atoms with van der Waals surface area (Å²) in [7, 11) is 0. The van der Waals surface area contributed by atoms with Crippen LogP contribution in [0.2, 0.25) is 0 Å². The van der Waals surface area contributed by atoms with E-state index in [1.54, 1.807) is 0 Å². The molecule has 0 rings (SSSR count). The van der Waals surface area contributed by atoms with E-state index in [1.807, 2.05) is 0 Å². The minimum Gasteiger partial charge on any atom is -0.311 e. The first kappa shape index (κ1) is 11.7. The average Bonchev–Trinajstić information content (AvgIpc) is 1.96. The summed E-state index contributed by atoms with van der Waals surface area (Å²) in [5, 5.41) is 6.66. The highest BCUT2D eigenvalue weighted by atomic mass is 14.9. The van der Waals surface area contributed by atoms with E-state index in [1.165, 1.54) is 5.57 Å². The molecule has 0 atom stereocenters. The molecule has 0 fully saturated rings. The lowest BCUT2D eigenvalue weighted by Gasteiger charge is -2.12. The van der Waals surface area contributed by atoms with E-state index < -0.39 is 0 Å². The average molecular weight is 170 g/mol. The lowest BCUT2D eigenvalue weighted by atomic mass is 10.2. The predicted molar refractivity (Wildman–Crippen MR) is 55.4 cm³/mol. The van der Waals surface area contributed by atoms with Gasteiger partial charge in [0.05, 0.1) is 0 Å². The molecule has 0 spiro atoms. The first-order valence-electron chi connectivity index (χ1n) is 4.65. The first-order chi connectivity index (χ1) is 5.52. The van der Waals surface area contributed by atoms with Gasteiger partial charge in [0.25, 0.3) is 0 Å².